The number of amides is 1. The molecule has 4 aromatic rings. The number of piperazine rings is 1. The Labute approximate surface area is 203 Å². The fraction of sp³-hybridized carbons (Fsp3) is 0.296. The summed E-state index contributed by atoms with van der Waals surface area (Å²) in [7, 11) is 0. The molecule has 2 aliphatic heterocycles. The summed E-state index contributed by atoms with van der Waals surface area (Å²) in [6.45, 7) is 4.60. The van der Waals surface area contributed by atoms with E-state index in [4.69, 9.17) is 9.72 Å². The Morgan fingerprint density at radius 2 is 1.80 bits per heavy atom. The Hall–Kier alpha value is -4.09. The lowest BCUT2D eigenvalue weighted by atomic mass is 9.95. The Morgan fingerprint density at radius 1 is 1.03 bits per heavy atom. The Balaban J connectivity index is 1.44. The first-order chi connectivity index (χ1) is 17.2. The molecule has 0 atom stereocenters. The molecule has 4 heterocycles. The van der Waals surface area contributed by atoms with Gasteiger partial charge in [-0.3, -0.25) is 4.40 Å². The molecule has 0 unspecified atom stereocenters. The van der Waals surface area contributed by atoms with Crippen LogP contribution in [0.3, 0.4) is 0 Å². The van der Waals surface area contributed by atoms with Gasteiger partial charge in [-0.05, 0) is 29.7 Å². The number of para-hydroxylation sites is 2. The number of pyridine rings is 1. The number of hydrogen-bond acceptors (Lipinski definition) is 6. The van der Waals surface area contributed by atoms with E-state index in [2.05, 4.69) is 20.7 Å². The van der Waals surface area contributed by atoms with Crippen molar-refractivity contribution >= 4 is 28.6 Å². The topological polar surface area (TPSA) is 85.9 Å². The summed E-state index contributed by atoms with van der Waals surface area (Å²) >= 11 is 0. The number of nitrogens with one attached hydrogen (secondary N) is 1. The fourth-order valence-electron chi connectivity index (χ4n) is 5.22. The first-order valence-corrected chi connectivity index (χ1v) is 12.0. The first kappa shape index (κ1) is 21.4. The smallest absolute Gasteiger partial charge is 0.410 e. The highest BCUT2D eigenvalue weighted by atomic mass is 16.6. The van der Waals surface area contributed by atoms with Gasteiger partial charge in [0.15, 0.2) is 5.65 Å². The zero-order valence-electron chi connectivity index (χ0n) is 19.4. The van der Waals surface area contributed by atoms with Crippen LogP contribution in [0.2, 0.25) is 0 Å². The standard InChI is InChI=1S/C27H26N6O2/c28-16-21-20-10-13-32(27(34)35-18-19-6-2-1-3-7-19)17-22(20)26(31-14-11-29-12-15-31)33-24-9-5-4-8-23(24)30-25(21)33/h1-9,29H,10-15,17-18H2. The van der Waals surface area contributed by atoms with Crippen molar-refractivity contribution in [2.75, 3.05) is 37.6 Å². The van der Waals surface area contributed by atoms with Crippen LogP contribution in [0.15, 0.2) is 54.6 Å². The fourth-order valence-corrected chi connectivity index (χ4v) is 5.22. The van der Waals surface area contributed by atoms with E-state index in [9.17, 15) is 10.1 Å². The number of nitriles is 1. The molecule has 0 bridgehead atoms. The van der Waals surface area contributed by atoms with Crippen LogP contribution >= 0.6 is 0 Å². The molecule has 1 amide bonds. The van der Waals surface area contributed by atoms with Gasteiger partial charge in [-0.15, -0.1) is 0 Å². The van der Waals surface area contributed by atoms with Gasteiger partial charge < -0.3 is 19.9 Å². The molecular weight excluding hydrogens is 440 g/mol. The maximum absolute atomic E-state index is 13.0. The summed E-state index contributed by atoms with van der Waals surface area (Å²) in [5, 5.41) is 13.6. The molecule has 35 heavy (non-hydrogen) atoms. The van der Waals surface area contributed by atoms with Crippen molar-refractivity contribution in [2.45, 2.75) is 19.6 Å². The lowest BCUT2D eigenvalue weighted by Gasteiger charge is -2.36. The second-order valence-electron chi connectivity index (χ2n) is 8.98. The lowest BCUT2D eigenvalue weighted by molar-refractivity contribution is 0.0918. The predicted octanol–water partition coefficient (Wildman–Crippen LogP) is 3.46. The van der Waals surface area contributed by atoms with Crippen LogP contribution in [0.25, 0.3) is 16.7 Å². The monoisotopic (exact) mass is 466 g/mol. The molecule has 1 N–H and O–H groups in total. The van der Waals surface area contributed by atoms with Crippen molar-refractivity contribution < 1.29 is 9.53 Å². The quantitative estimate of drug-likeness (QED) is 0.498. The van der Waals surface area contributed by atoms with Gasteiger partial charge in [0.25, 0.3) is 0 Å². The van der Waals surface area contributed by atoms with E-state index in [0.717, 1.165) is 59.7 Å². The van der Waals surface area contributed by atoms with Crippen molar-refractivity contribution in [2.24, 2.45) is 0 Å². The Morgan fingerprint density at radius 3 is 2.60 bits per heavy atom. The van der Waals surface area contributed by atoms with E-state index in [1.54, 1.807) is 4.90 Å². The van der Waals surface area contributed by atoms with E-state index in [-0.39, 0.29) is 12.7 Å². The van der Waals surface area contributed by atoms with Crippen molar-refractivity contribution in [1.82, 2.24) is 19.6 Å². The number of anilines is 1. The average Bonchev–Trinajstić information content (AvgIpc) is 3.30. The molecule has 0 radical (unpaired) electrons. The van der Waals surface area contributed by atoms with Crippen LogP contribution in [0.5, 0.6) is 0 Å². The summed E-state index contributed by atoms with van der Waals surface area (Å²) in [6, 6.07) is 20.1. The molecule has 0 spiro atoms. The van der Waals surface area contributed by atoms with Gasteiger partial charge in [0.1, 0.15) is 18.5 Å². The molecule has 2 aliphatic rings. The molecule has 0 saturated carbocycles. The SMILES string of the molecule is N#Cc1c2c(c(N3CCNCC3)n3c1nc1ccccc13)CN(C(=O)OCc1ccccc1)CC2. The number of carbonyl (C=O) groups is 1. The number of imidazole rings is 1. The van der Waals surface area contributed by atoms with Gasteiger partial charge in [-0.1, -0.05) is 42.5 Å². The number of carbonyl (C=O) groups excluding carboxylic acids is 1. The van der Waals surface area contributed by atoms with Gasteiger partial charge in [0.05, 0.1) is 23.1 Å². The number of nitrogens with zero attached hydrogens (tertiary/aromatic N) is 5. The van der Waals surface area contributed by atoms with Crippen molar-refractivity contribution in [3.63, 3.8) is 0 Å². The summed E-state index contributed by atoms with van der Waals surface area (Å²) in [5.41, 5.74) is 6.10. The third kappa shape index (κ3) is 3.74. The lowest BCUT2D eigenvalue weighted by Crippen LogP contribution is -2.46. The summed E-state index contributed by atoms with van der Waals surface area (Å²) in [5.74, 6) is 1.03. The molecule has 1 saturated heterocycles. The minimum absolute atomic E-state index is 0.238. The van der Waals surface area contributed by atoms with Gasteiger partial charge in [-0.2, -0.15) is 5.26 Å². The molecule has 6 rings (SSSR count). The highest BCUT2D eigenvalue weighted by Gasteiger charge is 2.32. The number of rotatable bonds is 3. The molecule has 2 aromatic carbocycles. The van der Waals surface area contributed by atoms with Crippen LogP contribution in [0.4, 0.5) is 10.6 Å². The normalized spacial score (nSPS) is 15.7. The van der Waals surface area contributed by atoms with Crippen LogP contribution in [0, 0.1) is 11.3 Å². The van der Waals surface area contributed by atoms with Gasteiger partial charge in [0, 0.05) is 38.3 Å². The molecule has 8 heteroatoms. The summed E-state index contributed by atoms with van der Waals surface area (Å²) in [4.78, 5) is 22.0. The molecular formula is C27H26N6O2. The van der Waals surface area contributed by atoms with Crippen LogP contribution in [-0.4, -0.2) is 53.1 Å². The second-order valence-corrected chi connectivity index (χ2v) is 8.98. The van der Waals surface area contributed by atoms with Crippen LogP contribution < -0.4 is 10.2 Å². The molecule has 1 fully saturated rings. The molecule has 176 valence electrons. The molecule has 0 aliphatic carbocycles. The summed E-state index contributed by atoms with van der Waals surface area (Å²) < 4.78 is 7.77. The van der Waals surface area contributed by atoms with E-state index in [0.29, 0.717) is 30.7 Å². The minimum atomic E-state index is -0.333. The highest BCUT2D eigenvalue weighted by molar-refractivity contribution is 5.87. The van der Waals surface area contributed by atoms with Crippen molar-refractivity contribution in [3.8, 4) is 6.07 Å². The van der Waals surface area contributed by atoms with E-state index in [1.807, 2.05) is 54.6 Å². The largest absolute Gasteiger partial charge is 0.445 e. The number of benzene rings is 2. The third-order valence-corrected chi connectivity index (χ3v) is 6.90. The maximum atomic E-state index is 13.0. The number of aromatic nitrogens is 2. The van der Waals surface area contributed by atoms with Crippen LogP contribution in [0.1, 0.15) is 22.3 Å². The minimum Gasteiger partial charge on any atom is -0.445 e. The van der Waals surface area contributed by atoms with Crippen LogP contribution in [-0.2, 0) is 24.3 Å². The zero-order chi connectivity index (χ0) is 23.8. The van der Waals surface area contributed by atoms with E-state index >= 15 is 0 Å². The second kappa shape index (κ2) is 8.93. The zero-order valence-corrected chi connectivity index (χ0v) is 19.4. The Kier molecular flexibility index (Phi) is 5.47. The number of hydrogen-bond donors (Lipinski definition) is 1. The summed E-state index contributed by atoms with van der Waals surface area (Å²) in [6.07, 6.45) is 0.261. The van der Waals surface area contributed by atoms with Gasteiger partial charge in [0.2, 0.25) is 0 Å². The average molecular weight is 467 g/mol. The van der Waals surface area contributed by atoms with Crippen molar-refractivity contribution in [3.05, 3.63) is 76.9 Å². The number of fused-ring (bicyclic) bond motifs is 4. The first-order valence-electron chi connectivity index (χ1n) is 12.0. The predicted molar refractivity (Wildman–Crippen MR) is 133 cm³/mol. The van der Waals surface area contributed by atoms with E-state index < -0.39 is 0 Å². The Bertz CT molecular complexity index is 1450. The van der Waals surface area contributed by atoms with Gasteiger partial charge >= 0.3 is 6.09 Å². The molecule has 8 nitrogen and oxygen atoms in total. The maximum Gasteiger partial charge on any atom is 0.410 e. The third-order valence-electron chi connectivity index (χ3n) is 6.90. The highest BCUT2D eigenvalue weighted by Crippen LogP contribution is 2.37. The van der Waals surface area contributed by atoms with E-state index in [1.165, 1.54) is 0 Å². The number of ether oxygens (including phenoxy) is 1. The molecule has 2 aromatic heterocycles. The van der Waals surface area contributed by atoms with Crippen molar-refractivity contribution in [1.29, 1.82) is 5.26 Å². The van der Waals surface area contributed by atoms with Gasteiger partial charge in [-0.25, -0.2) is 9.78 Å².